The van der Waals surface area contributed by atoms with Crippen LogP contribution in [0.4, 0.5) is 4.79 Å². The fraction of sp³-hybridized carbons (Fsp3) is 0.592. The predicted octanol–water partition coefficient (Wildman–Crippen LogP) is 11.5. The number of esters is 3. The van der Waals surface area contributed by atoms with E-state index in [4.69, 9.17) is 38.1 Å². The minimum Gasteiger partial charge on any atom is -0.497 e. The van der Waals surface area contributed by atoms with Gasteiger partial charge in [-0.05, 0) is 192 Å². The summed E-state index contributed by atoms with van der Waals surface area (Å²) in [6.07, 6.45) is 5.77. The third kappa shape index (κ3) is 34.9. The lowest BCUT2D eigenvalue weighted by Gasteiger charge is -2.32. The van der Waals surface area contributed by atoms with Crippen molar-refractivity contribution in [3.05, 3.63) is 113 Å². The van der Waals surface area contributed by atoms with Gasteiger partial charge in [-0.3, -0.25) is 38.8 Å². The number of urea groups is 1. The van der Waals surface area contributed by atoms with Gasteiger partial charge in [-0.2, -0.15) is 0 Å². The maximum atomic E-state index is 13.7. The number of aromatic nitrogens is 1. The lowest BCUT2D eigenvalue weighted by atomic mass is 9.84. The first-order chi connectivity index (χ1) is 46.0. The highest BCUT2D eigenvalue weighted by Gasteiger charge is 2.32. The number of carbonyl (C=O) groups is 8. The molecule has 0 bridgehead atoms. The third-order valence-electron chi connectivity index (χ3n) is 15.4. The number of benzene rings is 3. The molecule has 2 atom stereocenters. The molecule has 4 rings (SSSR count). The fourth-order valence-corrected chi connectivity index (χ4v) is 10.4. The first kappa shape index (κ1) is 82.3. The van der Waals surface area contributed by atoms with Crippen molar-refractivity contribution in [2.45, 2.75) is 236 Å². The van der Waals surface area contributed by atoms with Crippen LogP contribution in [0.1, 0.15) is 201 Å². The average Bonchev–Trinajstić information content (AvgIpc) is 0.849. The van der Waals surface area contributed by atoms with Crippen LogP contribution >= 0.6 is 0 Å². The number of ketones is 2. The van der Waals surface area contributed by atoms with Crippen molar-refractivity contribution in [3.63, 3.8) is 0 Å². The molecule has 0 aliphatic heterocycles. The summed E-state index contributed by atoms with van der Waals surface area (Å²) in [6, 6.07) is 22.8. The Balaban J connectivity index is 1.35. The Morgan fingerprint density at radius 2 is 1.03 bits per heavy atom. The molecule has 3 aromatic carbocycles. The fourth-order valence-electron chi connectivity index (χ4n) is 10.4. The summed E-state index contributed by atoms with van der Waals surface area (Å²) in [7, 11) is 3.22. The molecular weight excluding hydrogens is 1250 g/mol. The molecular formula is C76H113N7O15. The molecule has 0 saturated heterocycles. The number of amides is 4. The zero-order valence-corrected chi connectivity index (χ0v) is 61.4. The SMILES string of the molecule is COc1ccc(COc2ccc(CCC(C)=O)cc2CN(CCN(CC(C)=O)Cc2nc(CCC(=O)NCCCCCC(=O)NCCCC[C@H](NC(=O)N[C@@H](CCC(=O)OC(C)(C)C)C(=O)OC(C)(C)C)C(C)(C)C)ccc2OCc2ccc(OC)cc2)CC(=O)OC(C)(C)C)cc1. The van der Waals surface area contributed by atoms with Gasteiger partial charge >= 0.3 is 23.9 Å². The van der Waals surface area contributed by atoms with Crippen LogP contribution in [-0.2, 0) is 86.9 Å². The van der Waals surface area contributed by atoms with Gasteiger partial charge < -0.3 is 59.2 Å². The van der Waals surface area contributed by atoms with Gasteiger partial charge in [0, 0.05) is 82.3 Å². The zero-order chi connectivity index (χ0) is 72.6. The molecule has 4 aromatic rings. The summed E-state index contributed by atoms with van der Waals surface area (Å²) in [4.78, 5) is 113. The highest BCUT2D eigenvalue weighted by atomic mass is 16.6. The Morgan fingerprint density at radius 1 is 0.500 bits per heavy atom. The smallest absolute Gasteiger partial charge is 0.329 e. The molecule has 542 valence electrons. The number of methoxy groups -OCH3 is 2. The van der Waals surface area contributed by atoms with Gasteiger partial charge in [0.25, 0.3) is 0 Å². The van der Waals surface area contributed by atoms with E-state index in [1.807, 2.05) is 130 Å². The second-order valence-corrected chi connectivity index (χ2v) is 29.1. The Kier molecular flexibility index (Phi) is 34.2. The normalized spacial score (nSPS) is 12.4. The van der Waals surface area contributed by atoms with E-state index in [9.17, 15) is 38.4 Å². The van der Waals surface area contributed by atoms with Crippen molar-refractivity contribution in [1.29, 1.82) is 0 Å². The molecule has 0 aliphatic carbocycles. The van der Waals surface area contributed by atoms with E-state index in [1.54, 1.807) is 62.7 Å². The molecule has 0 radical (unpaired) electrons. The standard InChI is InChI=1S/C76H113N7O15/c1-53(84)24-25-55-30-38-64(94-51-56-26-33-60(92-15)34-27-56)58(46-55)48-83(50-70(89)97-75(9,10)11)45-44-82(47-54(2)85)49-63-65(95-52-57-28-35-61(93-16)36-29-57)39-31-59(79-63)32-40-68(87)78-42-20-17-18-23-67(86)77-43-21-19-22-66(73(3,4)5)81-72(91)80-62(71(90)98-76(12,13)14)37-41-69(88)96-74(6,7)8/h26-31,33-36,38-39,46,62,66H,17-25,32,37,40-45,47-52H2,1-16H3,(H,77,86)(H,78,87)(H2,80,81,91)/t62-,66-/m0/s1. The lowest BCUT2D eigenvalue weighted by molar-refractivity contribution is -0.159. The molecule has 0 unspecified atom stereocenters. The molecule has 22 heteroatoms. The number of hydrogen-bond acceptors (Lipinski definition) is 18. The summed E-state index contributed by atoms with van der Waals surface area (Å²) in [5, 5.41) is 11.8. The number of pyridine rings is 1. The number of ether oxygens (including phenoxy) is 7. The van der Waals surface area contributed by atoms with E-state index in [0.717, 1.165) is 34.4 Å². The molecule has 0 aliphatic rings. The zero-order valence-electron chi connectivity index (χ0n) is 61.4. The van der Waals surface area contributed by atoms with Crippen LogP contribution in [0.15, 0.2) is 78.9 Å². The van der Waals surface area contributed by atoms with E-state index in [2.05, 4.69) is 21.3 Å². The van der Waals surface area contributed by atoms with E-state index >= 15 is 0 Å². The van der Waals surface area contributed by atoms with E-state index in [0.29, 0.717) is 113 Å². The van der Waals surface area contributed by atoms with Crippen molar-refractivity contribution in [2.75, 3.05) is 53.5 Å². The monoisotopic (exact) mass is 1360 g/mol. The molecule has 1 heterocycles. The lowest BCUT2D eigenvalue weighted by Crippen LogP contribution is -2.53. The summed E-state index contributed by atoms with van der Waals surface area (Å²) < 4.78 is 40.4. The number of nitrogens with one attached hydrogen (secondary N) is 4. The Labute approximate surface area is 582 Å². The van der Waals surface area contributed by atoms with Crippen LogP contribution in [0.5, 0.6) is 23.0 Å². The number of aryl methyl sites for hydroxylation is 2. The second kappa shape index (κ2) is 40.7. The summed E-state index contributed by atoms with van der Waals surface area (Å²) in [5.74, 6) is 0.809. The quantitative estimate of drug-likeness (QED) is 0.0182. The van der Waals surface area contributed by atoms with Gasteiger partial charge in [0.2, 0.25) is 11.8 Å². The molecule has 4 amide bonds. The van der Waals surface area contributed by atoms with Crippen LogP contribution in [0.3, 0.4) is 0 Å². The Bertz CT molecular complexity index is 3180. The molecule has 98 heavy (non-hydrogen) atoms. The van der Waals surface area contributed by atoms with Crippen LogP contribution in [0.2, 0.25) is 0 Å². The van der Waals surface area contributed by atoms with Gasteiger partial charge in [0.05, 0.1) is 33.0 Å². The van der Waals surface area contributed by atoms with E-state index in [1.165, 1.54) is 6.92 Å². The maximum absolute atomic E-state index is 13.7. The number of hydrogen-bond donors (Lipinski definition) is 4. The molecule has 1 aromatic heterocycles. The first-order valence-electron chi connectivity index (χ1n) is 34.4. The molecule has 0 spiro atoms. The summed E-state index contributed by atoms with van der Waals surface area (Å²) in [5.41, 5.74) is 2.25. The average molecular weight is 1360 g/mol. The van der Waals surface area contributed by atoms with Gasteiger partial charge in [-0.15, -0.1) is 0 Å². The predicted molar refractivity (Wildman–Crippen MR) is 378 cm³/mol. The van der Waals surface area contributed by atoms with Crippen molar-refractivity contribution in [1.82, 2.24) is 36.1 Å². The Hall–Kier alpha value is -8.11. The van der Waals surface area contributed by atoms with Gasteiger partial charge in [0.1, 0.15) is 70.6 Å². The number of unbranched alkanes of at least 4 members (excludes halogenated alkanes) is 3. The summed E-state index contributed by atoms with van der Waals surface area (Å²) >= 11 is 0. The van der Waals surface area contributed by atoms with Crippen molar-refractivity contribution >= 4 is 47.3 Å². The molecule has 22 nitrogen and oxygen atoms in total. The molecule has 0 fully saturated rings. The summed E-state index contributed by atoms with van der Waals surface area (Å²) in [6.45, 7) is 27.6. The number of carbonyl (C=O) groups excluding carboxylic acids is 8. The third-order valence-corrected chi connectivity index (χ3v) is 15.4. The maximum Gasteiger partial charge on any atom is 0.329 e. The topological polar surface area (TPSA) is 269 Å². The highest BCUT2D eigenvalue weighted by Crippen LogP contribution is 2.28. The second-order valence-electron chi connectivity index (χ2n) is 29.1. The number of nitrogens with zero attached hydrogens (tertiary/aromatic N) is 3. The molecule has 0 saturated carbocycles. The van der Waals surface area contributed by atoms with Crippen molar-refractivity contribution in [2.24, 2.45) is 5.41 Å². The number of Topliss-reactive ketones (excluding diaryl/α,β-unsaturated/α-hetero) is 2. The van der Waals surface area contributed by atoms with Crippen molar-refractivity contribution in [3.8, 4) is 23.0 Å². The van der Waals surface area contributed by atoms with Crippen LogP contribution in [0, 0.1) is 5.41 Å². The van der Waals surface area contributed by atoms with Crippen LogP contribution in [0.25, 0.3) is 0 Å². The largest absolute Gasteiger partial charge is 0.497 e. The van der Waals surface area contributed by atoms with Crippen LogP contribution < -0.4 is 40.2 Å². The van der Waals surface area contributed by atoms with Gasteiger partial charge in [-0.1, -0.05) is 63.6 Å². The minimum atomic E-state index is -1.07. The Morgan fingerprint density at radius 3 is 1.58 bits per heavy atom. The van der Waals surface area contributed by atoms with E-state index in [-0.39, 0.29) is 93.5 Å². The van der Waals surface area contributed by atoms with Gasteiger partial charge in [0.15, 0.2) is 0 Å². The highest BCUT2D eigenvalue weighted by molar-refractivity contribution is 5.84. The van der Waals surface area contributed by atoms with Crippen LogP contribution in [-0.4, -0.2) is 144 Å². The number of rotatable bonds is 42. The van der Waals surface area contributed by atoms with Gasteiger partial charge in [-0.25, -0.2) is 9.59 Å². The van der Waals surface area contributed by atoms with Crippen molar-refractivity contribution < 1.29 is 71.5 Å². The van der Waals surface area contributed by atoms with E-state index < -0.39 is 46.8 Å². The first-order valence-corrected chi connectivity index (χ1v) is 34.4. The molecule has 4 N–H and O–H groups in total. The minimum absolute atomic E-state index is 0.00685.